The molecule has 2 heterocycles. The molecule has 1 aliphatic heterocycles. The summed E-state index contributed by atoms with van der Waals surface area (Å²) in [5.41, 5.74) is 0.561. The van der Waals surface area contributed by atoms with Gasteiger partial charge in [-0.05, 0) is 53.8 Å². The Labute approximate surface area is 118 Å². The molecular formula is C15H20ClNO2. The van der Waals surface area contributed by atoms with Gasteiger partial charge in [0.05, 0.1) is 0 Å². The molecule has 0 N–H and O–H groups in total. The molecule has 0 spiro atoms. The van der Waals surface area contributed by atoms with Crippen LogP contribution in [-0.2, 0) is 0 Å². The van der Waals surface area contributed by atoms with Gasteiger partial charge in [0.1, 0.15) is 0 Å². The van der Waals surface area contributed by atoms with Crippen molar-refractivity contribution in [3.8, 4) is 0 Å². The van der Waals surface area contributed by atoms with E-state index in [0.29, 0.717) is 17.2 Å². The zero-order valence-electron chi connectivity index (χ0n) is 11.7. The van der Waals surface area contributed by atoms with Crippen LogP contribution in [0.1, 0.15) is 50.6 Å². The first-order chi connectivity index (χ1) is 8.78. The monoisotopic (exact) mass is 281 g/mol. The van der Waals surface area contributed by atoms with E-state index >= 15 is 0 Å². The lowest BCUT2D eigenvalue weighted by molar-refractivity contribution is 0.0676. The summed E-state index contributed by atoms with van der Waals surface area (Å²) in [6.07, 6.45) is 3.36. The van der Waals surface area contributed by atoms with Crippen LogP contribution in [0, 0.1) is 10.8 Å². The molecule has 4 heteroatoms. The molecular weight excluding hydrogens is 262 g/mol. The van der Waals surface area contributed by atoms with Crippen LogP contribution in [0.5, 0.6) is 0 Å². The van der Waals surface area contributed by atoms with Crippen LogP contribution in [0.2, 0.25) is 5.22 Å². The Balaban J connectivity index is 1.86. The van der Waals surface area contributed by atoms with Gasteiger partial charge in [-0.1, -0.05) is 20.8 Å². The Morgan fingerprint density at radius 2 is 2.11 bits per heavy atom. The van der Waals surface area contributed by atoms with Gasteiger partial charge in [0.25, 0.3) is 5.91 Å². The first kappa shape index (κ1) is 13.0. The summed E-state index contributed by atoms with van der Waals surface area (Å²) < 4.78 is 5.27. The van der Waals surface area contributed by atoms with Crippen molar-refractivity contribution in [3.63, 3.8) is 0 Å². The largest absolute Gasteiger partial charge is 0.440 e. The molecule has 1 aliphatic carbocycles. The molecule has 3 nitrogen and oxygen atoms in total. The number of hydrogen-bond acceptors (Lipinski definition) is 2. The van der Waals surface area contributed by atoms with Crippen molar-refractivity contribution in [2.24, 2.45) is 10.8 Å². The predicted molar refractivity (Wildman–Crippen MR) is 74.3 cm³/mol. The van der Waals surface area contributed by atoms with Crippen LogP contribution in [0.3, 0.4) is 0 Å². The summed E-state index contributed by atoms with van der Waals surface area (Å²) in [6, 6.07) is 3.63. The predicted octanol–water partition coefficient (Wildman–Crippen LogP) is 3.97. The minimum absolute atomic E-state index is 0.0154. The van der Waals surface area contributed by atoms with Crippen molar-refractivity contribution >= 4 is 17.5 Å². The Bertz CT molecular complexity index is 522. The molecule has 1 aromatic rings. The third kappa shape index (κ3) is 2.29. The number of halogens is 1. The van der Waals surface area contributed by atoms with E-state index in [1.807, 2.05) is 4.90 Å². The molecule has 1 saturated heterocycles. The minimum Gasteiger partial charge on any atom is -0.440 e. The van der Waals surface area contributed by atoms with Crippen LogP contribution in [0.25, 0.3) is 0 Å². The van der Waals surface area contributed by atoms with Crippen molar-refractivity contribution in [2.45, 2.75) is 46.1 Å². The summed E-state index contributed by atoms with van der Waals surface area (Å²) in [5.74, 6) is 0.345. The molecule has 3 rings (SSSR count). The first-order valence-electron chi connectivity index (χ1n) is 6.84. The van der Waals surface area contributed by atoms with Gasteiger partial charge in [-0.2, -0.15) is 0 Å². The SMILES string of the molecule is CC1(C)CC2CC(C)(CN2C(=O)c2ccc(Cl)o2)C1. The second kappa shape index (κ2) is 4.02. The molecule has 2 fully saturated rings. The van der Waals surface area contributed by atoms with Crippen LogP contribution in [0.4, 0.5) is 0 Å². The topological polar surface area (TPSA) is 33.5 Å². The first-order valence-corrected chi connectivity index (χ1v) is 7.22. The van der Waals surface area contributed by atoms with Crippen molar-refractivity contribution in [1.29, 1.82) is 0 Å². The zero-order valence-corrected chi connectivity index (χ0v) is 12.5. The Morgan fingerprint density at radius 1 is 1.37 bits per heavy atom. The molecule has 2 atom stereocenters. The minimum atomic E-state index is -0.0154. The number of rotatable bonds is 1. The standard InChI is InChI=1S/C15H20ClNO2/c1-14(2)6-10-7-15(3,8-14)9-17(10)13(18)11-4-5-12(16)19-11/h4-5,10H,6-9H2,1-3H3. The number of nitrogens with zero attached hydrogens (tertiary/aromatic N) is 1. The number of furan rings is 1. The maximum Gasteiger partial charge on any atom is 0.289 e. The normalized spacial score (nSPS) is 32.6. The average molecular weight is 282 g/mol. The van der Waals surface area contributed by atoms with E-state index in [2.05, 4.69) is 20.8 Å². The van der Waals surface area contributed by atoms with Gasteiger partial charge in [-0.25, -0.2) is 0 Å². The van der Waals surface area contributed by atoms with Crippen LogP contribution in [0.15, 0.2) is 16.5 Å². The fourth-order valence-corrected chi connectivity index (χ4v) is 4.41. The molecule has 2 bridgehead atoms. The second-order valence-electron chi connectivity index (χ2n) is 7.25. The molecule has 2 aliphatic rings. The number of hydrogen-bond donors (Lipinski definition) is 0. The fraction of sp³-hybridized carbons (Fsp3) is 0.667. The van der Waals surface area contributed by atoms with Crippen molar-refractivity contribution < 1.29 is 9.21 Å². The quantitative estimate of drug-likeness (QED) is 0.780. The molecule has 1 saturated carbocycles. The van der Waals surface area contributed by atoms with Gasteiger partial charge in [-0.3, -0.25) is 4.79 Å². The van der Waals surface area contributed by atoms with E-state index in [4.69, 9.17) is 16.0 Å². The van der Waals surface area contributed by atoms with Crippen LogP contribution in [-0.4, -0.2) is 23.4 Å². The third-order valence-corrected chi connectivity index (χ3v) is 4.66. The molecule has 0 radical (unpaired) electrons. The number of carbonyl (C=O) groups excluding carboxylic acids is 1. The second-order valence-corrected chi connectivity index (χ2v) is 7.62. The molecule has 1 amide bonds. The molecule has 0 aromatic carbocycles. The number of amides is 1. The van der Waals surface area contributed by atoms with E-state index in [0.717, 1.165) is 19.4 Å². The van der Waals surface area contributed by atoms with Crippen molar-refractivity contribution in [3.05, 3.63) is 23.1 Å². The Kier molecular flexibility index (Phi) is 2.76. The van der Waals surface area contributed by atoms with E-state index in [-0.39, 0.29) is 16.5 Å². The van der Waals surface area contributed by atoms with Gasteiger partial charge in [0.2, 0.25) is 0 Å². The van der Waals surface area contributed by atoms with Gasteiger partial charge < -0.3 is 9.32 Å². The molecule has 19 heavy (non-hydrogen) atoms. The van der Waals surface area contributed by atoms with Crippen LogP contribution >= 0.6 is 11.6 Å². The van der Waals surface area contributed by atoms with Gasteiger partial charge in [0.15, 0.2) is 11.0 Å². The fourth-order valence-electron chi connectivity index (χ4n) is 4.27. The third-order valence-electron chi connectivity index (χ3n) is 4.46. The van der Waals surface area contributed by atoms with Crippen molar-refractivity contribution in [2.75, 3.05) is 6.54 Å². The maximum absolute atomic E-state index is 12.5. The lowest BCUT2D eigenvalue weighted by Gasteiger charge is -2.39. The lowest BCUT2D eigenvalue weighted by atomic mass is 9.65. The number of carbonyl (C=O) groups is 1. The van der Waals surface area contributed by atoms with Crippen molar-refractivity contribution in [1.82, 2.24) is 4.90 Å². The highest BCUT2D eigenvalue weighted by atomic mass is 35.5. The molecule has 1 aromatic heterocycles. The van der Waals surface area contributed by atoms with E-state index in [1.165, 1.54) is 6.42 Å². The average Bonchev–Trinajstić information content (AvgIpc) is 2.78. The highest BCUT2D eigenvalue weighted by molar-refractivity contribution is 6.29. The summed E-state index contributed by atoms with van der Waals surface area (Å²) in [5, 5.41) is 0.275. The zero-order chi connectivity index (χ0) is 13.8. The van der Waals surface area contributed by atoms with E-state index < -0.39 is 0 Å². The van der Waals surface area contributed by atoms with Gasteiger partial charge in [0, 0.05) is 12.6 Å². The maximum atomic E-state index is 12.5. The summed E-state index contributed by atoms with van der Waals surface area (Å²) in [4.78, 5) is 14.5. The Hall–Kier alpha value is -0.960. The lowest BCUT2D eigenvalue weighted by Crippen LogP contribution is -2.37. The van der Waals surface area contributed by atoms with E-state index in [1.54, 1.807) is 12.1 Å². The summed E-state index contributed by atoms with van der Waals surface area (Å²) in [7, 11) is 0. The smallest absolute Gasteiger partial charge is 0.289 e. The van der Waals surface area contributed by atoms with Gasteiger partial charge >= 0.3 is 0 Å². The summed E-state index contributed by atoms with van der Waals surface area (Å²) in [6.45, 7) is 7.73. The molecule has 104 valence electrons. The highest BCUT2D eigenvalue weighted by Gasteiger charge is 2.51. The van der Waals surface area contributed by atoms with E-state index in [9.17, 15) is 4.79 Å². The highest BCUT2D eigenvalue weighted by Crippen LogP contribution is 2.52. The number of likely N-dealkylation sites (tertiary alicyclic amines) is 1. The Morgan fingerprint density at radius 3 is 2.74 bits per heavy atom. The summed E-state index contributed by atoms with van der Waals surface area (Å²) >= 11 is 5.76. The number of fused-ring (bicyclic) bond motifs is 2. The molecule has 2 unspecified atom stereocenters. The van der Waals surface area contributed by atoms with Crippen LogP contribution < -0.4 is 0 Å². The van der Waals surface area contributed by atoms with Gasteiger partial charge in [-0.15, -0.1) is 0 Å².